The number of nitrogens with one attached hydrogen (secondary N) is 1. The number of rotatable bonds is 3. The molecule has 0 amide bonds. The number of aromatic nitrogens is 2. The van der Waals surface area contributed by atoms with Crippen LogP contribution in [0.15, 0.2) is 16.8 Å². The van der Waals surface area contributed by atoms with Gasteiger partial charge in [0.05, 0.1) is 11.4 Å². The van der Waals surface area contributed by atoms with E-state index in [9.17, 15) is 0 Å². The van der Waals surface area contributed by atoms with Crippen molar-refractivity contribution in [2.75, 3.05) is 11.1 Å². The molecule has 0 saturated heterocycles. The summed E-state index contributed by atoms with van der Waals surface area (Å²) >= 11 is 0. The molecule has 3 N–H and O–H groups in total. The lowest BCUT2D eigenvalue weighted by Gasteiger charge is -2.08. The Balaban J connectivity index is 2.13. The zero-order chi connectivity index (χ0) is 12.4. The zero-order valence-corrected chi connectivity index (χ0v) is 10.2. The molecule has 2 aromatic heterocycles. The molecule has 0 fully saturated rings. The number of nitrogen functional groups attached to an aromatic ring is 1. The second-order valence-electron chi connectivity index (χ2n) is 4.11. The summed E-state index contributed by atoms with van der Waals surface area (Å²) in [6, 6.07) is 1.89. The first-order chi connectivity index (χ1) is 8.08. The largest absolute Gasteiger partial charge is 0.396 e. The lowest BCUT2D eigenvalue weighted by molar-refractivity contribution is 0.392. The first kappa shape index (κ1) is 11.4. The molecule has 90 valence electrons. The van der Waals surface area contributed by atoms with Crippen LogP contribution in [0.25, 0.3) is 0 Å². The highest BCUT2D eigenvalue weighted by molar-refractivity contribution is 5.61. The van der Waals surface area contributed by atoms with E-state index in [-0.39, 0.29) is 0 Å². The van der Waals surface area contributed by atoms with Crippen molar-refractivity contribution in [1.82, 2.24) is 10.1 Å². The Morgan fingerprint density at radius 2 is 2.12 bits per heavy atom. The molecule has 0 spiro atoms. The summed E-state index contributed by atoms with van der Waals surface area (Å²) in [6.45, 7) is 6.38. The van der Waals surface area contributed by atoms with E-state index in [4.69, 9.17) is 10.3 Å². The summed E-state index contributed by atoms with van der Waals surface area (Å²) in [6.07, 6.45) is 1.78. The van der Waals surface area contributed by atoms with Gasteiger partial charge in [-0.05, 0) is 32.4 Å². The van der Waals surface area contributed by atoms with Gasteiger partial charge >= 0.3 is 0 Å². The first-order valence-electron chi connectivity index (χ1n) is 5.45. The van der Waals surface area contributed by atoms with Crippen molar-refractivity contribution in [2.45, 2.75) is 27.3 Å². The van der Waals surface area contributed by atoms with Gasteiger partial charge in [0.15, 0.2) is 0 Å². The summed E-state index contributed by atoms with van der Waals surface area (Å²) in [5, 5.41) is 7.09. The lowest BCUT2D eigenvalue weighted by Crippen LogP contribution is -2.06. The van der Waals surface area contributed by atoms with Crippen molar-refractivity contribution in [3.63, 3.8) is 0 Å². The molecular weight excluding hydrogens is 216 g/mol. The average molecular weight is 232 g/mol. The fourth-order valence-corrected chi connectivity index (χ4v) is 1.67. The van der Waals surface area contributed by atoms with Gasteiger partial charge in [-0.2, -0.15) is 0 Å². The Morgan fingerprint density at radius 3 is 2.71 bits per heavy atom. The molecule has 2 heterocycles. The van der Waals surface area contributed by atoms with E-state index >= 15 is 0 Å². The molecule has 0 bridgehead atoms. The van der Waals surface area contributed by atoms with Crippen LogP contribution in [0.1, 0.15) is 22.6 Å². The minimum atomic E-state index is 0.613. The van der Waals surface area contributed by atoms with Gasteiger partial charge in [0.1, 0.15) is 11.6 Å². The topological polar surface area (TPSA) is 77.0 Å². The Morgan fingerprint density at radius 1 is 1.35 bits per heavy atom. The molecule has 0 aliphatic rings. The SMILES string of the molecule is Cc1cnc(NCc2c(C)noc2C)c(N)c1. The normalized spacial score (nSPS) is 10.5. The van der Waals surface area contributed by atoms with Crippen LogP contribution in [0.4, 0.5) is 11.5 Å². The second kappa shape index (κ2) is 4.45. The van der Waals surface area contributed by atoms with E-state index in [2.05, 4.69) is 15.5 Å². The number of pyridine rings is 1. The Hall–Kier alpha value is -2.04. The van der Waals surface area contributed by atoms with E-state index in [0.29, 0.717) is 18.1 Å². The highest BCUT2D eigenvalue weighted by Crippen LogP contribution is 2.19. The number of aryl methyl sites for hydroxylation is 3. The summed E-state index contributed by atoms with van der Waals surface area (Å²) in [5.41, 5.74) is 9.51. The highest BCUT2D eigenvalue weighted by Gasteiger charge is 2.09. The summed E-state index contributed by atoms with van der Waals surface area (Å²) < 4.78 is 5.09. The molecule has 0 aliphatic carbocycles. The number of hydrogen-bond acceptors (Lipinski definition) is 5. The van der Waals surface area contributed by atoms with Crippen molar-refractivity contribution in [1.29, 1.82) is 0 Å². The van der Waals surface area contributed by atoms with Gasteiger partial charge < -0.3 is 15.6 Å². The Bertz CT molecular complexity index is 514. The van der Waals surface area contributed by atoms with Gasteiger partial charge in [-0.15, -0.1) is 0 Å². The predicted octanol–water partition coefficient (Wildman–Crippen LogP) is 2.19. The highest BCUT2D eigenvalue weighted by atomic mass is 16.5. The molecule has 0 radical (unpaired) electrons. The Labute approximate surface area is 100 Å². The number of anilines is 2. The molecular formula is C12H16N4O. The van der Waals surface area contributed by atoms with E-state index < -0.39 is 0 Å². The quantitative estimate of drug-likeness (QED) is 0.848. The van der Waals surface area contributed by atoms with Gasteiger partial charge in [0.25, 0.3) is 0 Å². The molecule has 0 aliphatic heterocycles. The maximum atomic E-state index is 5.87. The van der Waals surface area contributed by atoms with Crippen LogP contribution < -0.4 is 11.1 Å². The molecule has 0 aromatic carbocycles. The first-order valence-corrected chi connectivity index (χ1v) is 5.45. The molecule has 0 saturated carbocycles. The molecule has 0 unspecified atom stereocenters. The van der Waals surface area contributed by atoms with Gasteiger partial charge in [0, 0.05) is 18.3 Å². The minimum absolute atomic E-state index is 0.613. The smallest absolute Gasteiger partial charge is 0.149 e. The summed E-state index contributed by atoms with van der Waals surface area (Å²) in [5.74, 6) is 1.51. The maximum Gasteiger partial charge on any atom is 0.149 e. The van der Waals surface area contributed by atoms with Crippen molar-refractivity contribution in [3.8, 4) is 0 Å². The van der Waals surface area contributed by atoms with Crippen LogP contribution in [0, 0.1) is 20.8 Å². The molecule has 2 aromatic rings. The van der Waals surface area contributed by atoms with Crippen molar-refractivity contribution in [3.05, 3.63) is 34.8 Å². The van der Waals surface area contributed by atoms with Crippen LogP contribution in [0.3, 0.4) is 0 Å². The Kier molecular flexibility index (Phi) is 2.99. The summed E-state index contributed by atoms with van der Waals surface area (Å²) in [7, 11) is 0. The van der Waals surface area contributed by atoms with Crippen LogP contribution in [-0.2, 0) is 6.54 Å². The predicted molar refractivity (Wildman–Crippen MR) is 66.7 cm³/mol. The van der Waals surface area contributed by atoms with Gasteiger partial charge in [-0.25, -0.2) is 4.98 Å². The minimum Gasteiger partial charge on any atom is -0.396 e. The number of nitrogens with zero attached hydrogens (tertiary/aromatic N) is 2. The van der Waals surface area contributed by atoms with Crippen LogP contribution in [-0.4, -0.2) is 10.1 Å². The third-order valence-electron chi connectivity index (χ3n) is 2.67. The lowest BCUT2D eigenvalue weighted by atomic mass is 10.2. The number of hydrogen-bond donors (Lipinski definition) is 2. The van der Waals surface area contributed by atoms with E-state index in [0.717, 1.165) is 22.6 Å². The molecule has 0 atom stereocenters. The van der Waals surface area contributed by atoms with Crippen LogP contribution >= 0.6 is 0 Å². The third-order valence-corrected chi connectivity index (χ3v) is 2.67. The van der Waals surface area contributed by atoms with Crippen LogP contribution in [0.2, 0.25) is 0 Å². The van der Waals surface area contributed by atoms with E-state index in [1.54, 1.807) is 6.20 Å². The van der Waals surface area contributed by atoms with Gasteiger partial charge in [-0.1, -0.05) is 5.16 Å². The van der Waals surface area contributed by atoms with E-state index in [1.165, 1.54) is 0 Å². The van der Waals surface area contributed by atoms with Crippen LogP contribution in [0.5, 0.6) is 0 Å². The molecule has 5 heteroatoms. The van der Waals surface area contributed by atoms with E-state index in [1.807, 2.05) is 26.8 Å². The standard InChI is InChI=1S/C12H16N4O/c1-7-4-11(13)12(14-5-7)15-6-10-8(2)16-17-9(10)3/h4-5H,6,13H2,1-3H3,(H,14,15). The molecule has 2 rings (SSSR count). The monoisotopic (exact) mass is 232 g/mol. The van der Waals surface area contributed by atoms with Crippen molar-refractivity contribution < 1.29 is 4.52 Å². The molecule has 5 nitrogen and oxygen atoms in total. The average Bonchev–Trinajstić information content (AvgIpc) is 2.58. The fraction of sp³-hybridized carbons (Fsp3) is 0.333. The fourth-order valence-electron chi connectivity index (χ4n) is 1.67. The van der Waals surface area contributed by atoms with Gasteiger partial charge in [0.2, 0.25) is 0 Å². The molecule has 17 heavy (non-hydrogen) atoms. The van der Waals surface area contributed by atoms with Gasteiger partial charge in [-0.3, -0.25) is 0 Å². The zero-order valence-electron chi connectivity index (χ0n) is 10.2. The van der Waals surface area contributed by atoms with Crippen molar-refractivity contribution in [2.24, 2.45) is 0 Å². The van der Waals surface area contributed by atoms with Crippen molar-refractivity contribution >= 4 is 11.5 Å². The third kappa shape index (κ3) is 2.38. The summed E-state index contributed by atoms with van der Waals surface area (Å²) in [4.78, 5) is 4.25. The number of nitrogens with two attached hydrogens (primary N) is 1. The second-order valence-corrected chi connectivity index (χ2v) is 4.11. The maximum absolute atomic E-state index is 5.87.